The molecule has 0 aliphatic carbocycles. The Morgan fingerprint density at radius 1 is 1.43 bits per heavy atom. The molecule has 0 fully saturated rings. The zero-order valence-electron chi connectivity index (χ0n) is 8.68. The largest absolute Gasteiger partial charge is 0.383 e. The van der Waals surface area contributed by atoms with Crippen LogP contribution in [-0.4, -0.2) is 32.1 Å². The third kappa shape index (κ3) is 3.56. The molecule has 1 aromatic carbocycles. The lowest BCUT2D eigenvalue weighted by Gasteiger charge is -2.13. The van der Waals surface area contributed by atoms with Crippen LogP contribution in [0.15, 0.2) is 18.2 Å². The van der Waals surface area contributed by atoms with Gasteiger partial charge in [-0.3, -0.25) is 0 Å². The average Bonchev–Trinajstić information content (AvgIpc) is 2.10. The second-order valence-electron chi connectivity index (χ2n) is 3.53. The van der Waals surface area contributed by atoms with Gasteiger partial charge in [-0.2, -0.15) is 0 Å². The predicted molar refractivity (Wildman–Crippen MR) is 63.0 cm³/mol. The van der Waals surface area contributed by atoms with Gasteiger partial charge >= 0.3 is 0 Å². The summed E-state index contributed by atoms with van der Waals surface area (Å²) in [6, 6.07) is 5.67. The summed E-state index contributed by atoms with van der Waals surface area (Å²) in [5.41, 5.74) is 1.99. The molecule has 1 N–H and O–H groups in total. The molecule has 0 heterocycles. The summed E-state index contributed by atoms with van der Waals surface area (Å²) in [5, 5.41) is 4.04. The maximum atomic E-state index is 5.88. The Labute approximate surface area is 90.9 Å². The minimum atomic E-state index is 0.741. The molecular weight excluding hydrogens is 196 g/mol. The molecule has 0 saturated carbocycles. The fourth-order valence-electron chi connectivity index (χ4n) is 1.13. The lowest BCUT2D eigenvalue weighted by Crippen LogP contribution is -2.21. The zero-order chi connectivity index (χ0) is 10.6. The molecule has 0 atom stereocenters. The number of halogens is 1. The molecule has 0 aliphatic heterocycles. The van der Waals surface area contributed by atoms with Crippen LogP contribution in [-0.2, 0) is 0 Å². The van der Waals surface area contributed by atoms with E-state index in [-0.39, 0.29) is 0 Å². The molecule has 0 saturated heterocycles. The van der Waals surface area contributed by atoms with Crippen molar-refractivity contribution in [2.24, 2.45) is 0 Å². The summed E-state index contributed by atoms with van der Waals surface area (Å²) in [7, 11) is 4.09. The molecule has 14 heavy (non-hydrogen) atoms. The first-order valence-corrected chi connectivity index (χ1v) is 4.97. The van der Waals surface area contributed by atoms with Gasteiger partial charge in [0.25, 0.3) is 0 Å². The van der Waals surface area contributed by atoms with Gasteiger partial charge in [0.15, 0.2) is 0 Å². The molecule has 1 rings (SSSR count). The molecule has 2 nitrogen and oxygen atoms in total. The van der Waals surface area contributed by atoms with Crippen LogP contribution >= 0.6 is 11.6 Å². The molecule has 77 valence electrons. The Morgan fingerprint density at radius 2 is 2.14 bits per heavy atom. The molecule has 0 amide bonds. The minimum Gasteiger partial charge on any atom is -0.383 e. The summed E-state index contributed by atoms with van der Waals surface area (Å²) in [5.74, 6) is 0. The maximum Gasteiger partial charge on any atom is 0.0426 e. The maximum absolute atomic E-state index is 5.88. The Balaban J connectivity index is 2.53. The highest BCUT2D eigenvalue weighted by Gasteiger charge is 1.98. The van der Waals surface area contributed by atoms with Gasteiger partial charge in [-0.1, -0.05) is 17.7 Å². The molecule has 0 aromatic heterocycles. The van der Waals surface area contributed by atoms with Crippen molar-refractivity contribution >= 4 is 17.3 Å². The number of hydrogen-bond donors (Lipinski definition) is 1. The Bertz CT molecular complexity index is 297. The number of likely N-dealkylation sites (N-methyl/N-ethyl adjacent to an activating group) is 1. The van der Waals surface area contributed by atoms with Gasteiger partial charge in [-0.15, -0.1) is 0 Å². The van der Waals surface area contributed by atoms with E-state index in [2.05, 4.69) is 17.1 Å². The summed E-state index contributed by atoms with van der Waals surface area (Å²) in [4.78, 5) is 2.13. The predicted octanol–water partition coefficient (Wildman–Crippen LogP) is 2.50. The normalized spacial score (nSPS) is 10.6. The van der Waals surface area contributed by atoms with Crippen molar-refractivity contribution in [2.45, 2.75) is 0 Å². The van der Waals surface area contributed by atoms with E-state index in [1.165, 1.54) is 0 Å². The number of rotatable bonds is 4. The first kappa shape index (κ1) is 11.3. The fourth-order valence-corrected chi connectivity index (χ4v) is 1.30. The van der Waals surface area contributed by atoms with Crippen LogP contribution in [0.2, 0.25) is 5.02 Å². The second kappa shape index (κ2) is 5.23. The molecular formula is C11H16ClN2. The van der Waals surface area contributed by atoms with E-state index >= 15 is 0 Å². The SMILES string of the molecule is [CH2]c1ccc(Cl)cc1NCCN(C)C. The van der Waals surface area contributed by atoms with Crippen molar-refractivity contribution in [1.29, 1.82) is 0 Å². The Kier molecular flexibility index (Phi) is 4.23. The first-order valence-electron chi connectivity index (χ1n) is 4.59. The number of hydrogen-bond acceptors (Lipinski definition) is 2. The number of nitrogens with zero attached hydrogens (tertiary/aromatic N) is 1. The molecule has 1 radical (unpaired) electrons. The monoisotopic (exact) mass is 211 g/mol. The van der Waals surface area contributed by atoms with Crippen molar-refractivity contribution in [3.05, 3.63) is 35.7 Å². The van der Waals surface area contributed by atoms with Gasteiger partial charge in [0.1, 0.15) is 0 Å². The third-order valence-corrected chi connectivity index (χ3v) is 2.18. The fraction of sp³-hybridized carbons (Fsp3) is 0.364. The highest BCUT2D eigenvalue weighted by molar-refractivity contribution is 6.30. The van der Waals surface area contributed by atoms with Crippen molar-refractivity contribution in [2.75, 3.05) is 32.5 Å². The Hall–Kier alpha value is -0.730. The smallest absolute Gasteiger partial charge is 0.0426 e. The van der Waals surface area contributed by atoms with Crippen LogP contribution in [0.25, 0.3) is 0 Å². The summed E-state index contributed by atoms with van der Waals surface area (Å²) < 4.78 is 0. The van der Waals surface area contributed by atoms with E-state index in [4.69, 9.17) is 11.6 Å². The molecule has 0 bridgehead atoms. The standard InChI is InChI=1S/C11H16ClN2/c1-9-4-5-10(12)8-11(9)13-6-7-14(2)3/h4-5,8,13H,1,6-7H2,2-3H3. The molecule has 0 unspecified atom stereocenters. The van der Waals surface area contributed by atoms with Gasteiger partial charge < -0.3 is 10.2 Å². The van der Waals surface area contributed by atoms with E-state index in [1.54, 1.807) is 0 Å². The molecule has 0 spiro atoms. The number of benzene rings is 1. The minimum absolute atomic E-state index is 0.741. The van der Waals surface area contributed by atoms with Crippen LogP contribution in [0.5, 0.6) is 0 Å². The topological polar surface area (TPSA) is 15.3 Å². The number of nitrogens with one attached hydrogen (secondary N) is 1. The van der Waals surface area contributed by atoms with Gasteiger partial charge in [-0.05, 0) is 38.7 Å². The van der Waals surface area contributed by atoms with E-state index in [9.17, 15) is 0 Å². The molecule has 0 aliphatic rings. The van der Waals surface area contributed by atoms with E-state index in [0.717, 1.165) is 29.4 Å². The average molecular weight is 212 g/mol. The van der Waals surface area contributed by atoms with Crippen LogP contribution < -0.4 is 5.32 Å². The van der Waals surface area contributed by atoms with Gasteiger partial charge in [0.2, 0.25) is 0 Å². The van der Waals surface area contributed by atoms with Crippen molar-refractivity contribution in [1.82, 2.24) is 4.90 Å². The third-order valence-electron chi connectivity index (χ3n) is 1.95. The number of anilines is 1. The lowest BCUT2D eigenvalue weighted by atomic mass is 10.2. The molecule has 3 heteroatoms. The van der Waals surface area contributed by atoms with Crippen molar-refractivity contribution in [3.8, 4) is 0 Å². The highest BCUT2D eigenvalue weighted by Crippen LogP contribution is 2.19. The lowest BCUT2D eigenvalue weighted by molar-refractivity contribution is 0.425. The van der Waals surface area contributed by atoms with E-state index < -0.39 is 0 Å². The second-order valence-corrected chi connectivity index (χ2v) is 3.97. The van der Waals surface area contributed by atoms with Gasteiger partial charge in [0.05, 0.1) is 0 Å². The van der Waals surface area contributed by atoms with Crippen LogP contribution in [0.3, 0.4) is 0 Å². The quantitative estimate of drug-likeness (QED) is 0.824. The summed E-state index contributed by atoms with van der Waals surface area (Å²) >= 11 is 5.88. The van der Waals surface area contributed by atoms with Crippen molar-refractivity contribution < 1.29 is 0 Å². The van der Waals surface area contributed by atoms with Crippen LogP contribution in [0.1, 0.15) is 5.56 Å². The first-order chi connectivity index (χ1) is 6.59. The highest BCUT2D eigenvalue weighted by atomic mass is 35.5. The van der Waals surface area contributed by atoms with E-state index in [1.807, 2.05) is 32.3 Å². The van der Waals surface area contributed by atoms with Gasteiger partial charge in [0, 0.05) is 23.8 Å². The van der Waals surface area contributed by atoms with Crippen molar-refractivity contribution in [3.63, 3.8) is 0 Å². The summed E-state index contributed by atoms with van der Waals surface area (Å²) in [6.07, 6.45) is 0. The zero-order valence-corrected chi connectivity index (χ0v) is 9.43. The summed E-state index contributed by atoms with van der Waals surface area (Å²) in [6.45, 7) is 5.82. The van der Waals surface area contributed by atoms with Crippen LogP contribution in [0.4, 0.5) is 5.69 Å². The van der Waals surface area contributed by atoms with Gasteiger partial charge in [-0.25, -0.2) is 0 Å². The van der Waals surface area contributed by atoms with Crippen LogP contribution in [0, 0.1) is 6.92 Å². The molecule has 1 aromatic rings. The Morgan fingerprint density at radius 3 is 2.79 bits per heavy atom. The van der Waals surface area contributed by atoms with E-state index in [0.29, 0.717) is 0 Å².